The maximum Gasteiger partial charge on any atom is 0.315 e. The van der Waals surface area contributed by atoms with Crippen LogP contribution in [0.1, 0.15) is 64.2 Å². The number of thioether (sulfide) groups is 1. The summed E-state index contributed by atoms with van der Waals surface area (Å²) in [6, 6.07) is 0.532. The van der Waals surface area contributed by atoms with Gasteiger partial charge < -0.3 is 10.1 Å². The Labute approximate surface area is 128 Å². The molecule has 0 aromatic rings. The Kier molecular flexibility index (Phi) is 10.2. The van der Waals surface area contributed by atoms with Crippen molar-refractivity contribution in [1.82, 2.24) is 5.32 Å². The molecule has 1 aliphatic rings. The first-order valence-corrected chi connectivity index (χ1v) is 9.18. The number of hydrogen-bond acceptors (Lipinski definition) is 4. The van der Waals surface area contributed by atoms with Crippen molar-refractivity contribution in [3.05, 3.63) is 0 Å². The third-order valence-electron chi connectivity index (χ3n) is 4.22. The number of methoxy groups -OCH3 is 1. The van der Waals surface area contributed by atoms with Crippen LogP contribution in [0.5, 0.6) is 0 Å². The van der Waals surface area contributed by atoms with Crippen molar-refractivity contribution in [1.29, 1.82) is 0 Å². The lowest BCUT2D eigenvalue weighted by Crippen LogP contribution is -2.36. The monoisotopic (exact) mass is 301 g/mol. The molecule has 0 radical (unpaired) electrons. The zero-order chi connectivity index (χ0) is 14.6. The zero-order valence-corrected chi connectivity index (χ0v) is 14.0. The minimum absolute atomic E-state index is 0.101. The molecule has 1 N–H and O–H groups in total. The van der Waals surface area contributed by atoms with E-state index in [0.717, 1.165) is 0 Å². The standard InChI is InChI=1S/C16H31NO2S/c1-17-14-11-9-7-5-3-4-6-8-10-12-15(14)20-13-16(18)19-2/h14-15,17H,3-13H2,1-2H3. The van der Waals surface area contributed by atoms with Crippen LogP contribution in [0.2, 0.25) is 0 Å². The highest BCUT2D eigenvalue weighted by molar-refractivity contribution is 8.00. The molecule has 3 nitrogen and oxygen atoms in total. The third-order valence-corrected chi connectivity index (χ3v) is 5.61. The third kappa shape index (κ3) is 7.53. The van der Waals surface area contributed by atoms with Gasteiger partial charge in [-0.1, -0.05) is 51.4 Å². The quantitative estimate of drug-likeness (QED) is 0.802. The highest BCUT2D eigenvalue weighted by Crippen LogP contribution is 2.26. The summed E-state index contributed by atoms with van der Waals surface area (Å²) >= 11 is 1.78. The van der Waals surface area contributed by atoms with E-state index in [1.54, 1.807) is 11.8 Å². The zero-order valence-electron chi connectivity index (χ0n) is 13.2. The normalized spacial score (nSPS) is 26.3. The van der Waals surface area contributed by atoms with Crippen LogP contribution in [-0.4, -0.2) is 37.2 Å². The van der Waals surface area contributed by atoms with Gasteiger partial charge in [-0.15, -0.1) is 11.8 Å². The second-order valence-electron chi connectivity index (χ2n) is 5.73. The number of nitrogens with one attached hydrogen (secondary N) is 1. The maximum atomic E-state index is 11.4. The molecule has 118 valence electrons. The van der Waals surface area contributed by atoms with Gasteiger partial charge in [0.2, 0.25) is 0 Å². The summed E-state index contributed by atoms with van der Waals surface area (Å²) in [7, 11) is 3.53. The van der Waals surface area contributed by atoms with Gasteiger partial charge in [-0.05, 0) is 19.9 Å². The summed E-state index contributed by atoms with van der Waals surface area (Å²) in [5.41, 5.74) is 0. The van der Waals surface area contributed by atoms with E-state index in [-0.39, 0.29) is 5.97 Å². The van der Waals surface area contributed by atoms with Gasteiger partial charge in [0.15, 0.2) is 0 Å². The molecule has 1 saturated carbocycles. The molecule has 0 saturated heterocycles. The molecule has 0 amide bonds. The van der Waals surface area contributed by atoms with Gasteiger partial charge in [-0.2, -0.15) is 0 Å². The summed E-state index contributed by atoms with van der Waals surface area (Å²) in [6.07, 6.45) is 13.3. The van der Waals surface area contributed by atoms with Crippen LogP contribution >= 0.6 is 11.8 Å². The van der Waals surface area contributed by atoms with E-state index in [0.29, 0.717) is 17.0 Å². The molecule has 4 heteroatoms. The van der Waals surface area contributed by atoms with Gasteiger partial charge >= 0.3 is 5.97 Å². The van der Waals surface area contributed by atoms with E-state index in [9.17, 15) is 4.79 Å². The Balaban J connectivity index is 2.48. The maximum absolute atomic E-state index is 11.4. The summed E-state index contributed by atoms with van der Waals surface area (Å²) in [5.74, 6) is 0.385. The fourth-order valence-electron chi connectivity index (χ4n) is 2.92. The van der Waals surface area contributed by atoms with E-state index in [4.69, 9.17) is 4.74 Å². The molecule has 0 aromatic heterocycles. The highest BCUT2D eigenvalue weighted by Gasteiger charge is 2.21. The SMILES string of the molecule is CNC1CCCCCCCCCCC1SCC(=O)OC. The lowest BCUT2D eigenvalue weighted by molar-refractivity contribution is -0.137. The lowest BCUT2D eigenvalue weighted by Gasteiger charge is -2.27. The van der Waals surface area contributed by atoms with Crippen LogP contribution in [0, 0.1) is 0 Å². The molecule has 0 heterocycles. The summed E-state index contributed by atoms with van der Waals surface area (Å²) < 4.78 is 4.77. The average Bonchev–Trinajstić information content (AvgIpc) is 2.46. The summed E-state index contributed by atoms with van der Waals surface area (Å²) in [5, 5.41) is 4.02. The molecule has 0 bridgehead atoms. The molecule has 1 aliphatic carbocycles. The molecular weight excluding hydrogens is 270 g/mol. The molecule has 20 heavy (non-hydrogen) atoms. The van der Waals surface area contributed by atoms with Crippen molar-refractivity contribution in [3.8, 4) is 0 Å². The van der Waals surface area contributed by atoms with Gasteiger partial charge in [-0.3, -0.25) is 4.79 Å². The Morgan fingerprint density at radius 3 is 2.15 bits per heavy atom. The molecule has 2 atom stereocenters. The van der Waals surface area contributed by atoms with Crippen molar-refractivity contribution in [2.75, 3.05) is 19.9 Å². The second-order valence-corrected chi connectivity index (χ2v) is 6.95. The lowest BCUT2D eigenvalue weighted by atomic mass is 9.97. The van der Waals surface area contributed by atoms with Gasteiger partial charge in [0.25, 0.3) is 0 Å². The molecular formula is C16H31NO2S. The van der Waals surface area contributed by atoms with E-state index in [1.807, 2.05) is 0 Å². The number of carbonyl (C=O) groups excluding carboxylic acids is 1. The van der Waals surface area contributed by atoms with Crippen molar-refractivity contribution >= 4 is 17.7 Å². The number of rotatable bonds is 4. The van der Waals surface area contributed by atoms with Crippen LogP contribution in [0.3, 0.4) is 0 Å². The van der Waals surface area contributed by atoms with Crippen molar-refractivity contribution in [2.45, 2.75) is 75.5 Å². The van der Waals surface area contributed by atoms with Gasteiger partial charge in [0.05, 0.1) is 12.9 Å². The first-order valence-electron chi connectivity index (χ1n) is 8.13. The van der Waals surface area contributed by atoms with E-state index in [2.05, 4.69) is 12.4 Å². The van der Waals surface area contributed by atoms with E-state index in [1.165, 1.54) is 71.3 Å². The van der Waals surface area contributed by atoms with Crippen molar-refractivity contribution in [3.63, 3.8) is 0 Å². The van der Waals surface area contributed by atoms with Crippen molar-refractivity contribution in [2.24, 2.45) is 0 Å². The number of ether oxygens (including phenoxy) is 1. The first-order chi connectivity index (χ1) is 9.77. The van der Waals surface area contributed by atoms with Gasteiger partial charge in [0, 0.05) is 11.3 Å². The molecule has 0 spiro atoms. The average molecular weight is 301 g/mol. The molecule has 1 rings (SSSR count). The smallest absolute Gasteiger partial charge is 0.315 e. The summed E-state index contributed by atoms with van der Waals surface area (Å²) in [4.78, 5) is 11.4. The highest BCUT2D eigenvalue weighted by atomic mass is 32.2. The van der Waals surface area contributed by atoms with Crippen LogP contribution in [0.4, 0.5) is 0 Å². The van der Waals surface area contributed by atoms with Gasteiger partial charge in [-0.25, -0.2) is 0 Å². The van der Waals surface area contributed by atoms with Crippen LogP contribution in [-0.2, 0) is 9.53 Å². The molecule has 1 fully saturated rings. The van der Waals surface area contributed by atoms with Gasteiger partial charge in [0.1, 0.15) is 0 Å². The number of hydrogen-bond donors (Lipinski definition) is 1. The predicted octanol–water partition coefficient (Wildman–Crippen LogP) is 3.76. The molecule has 0 aliphatic heterocycles. The van der Waals surface area contributed by atoms with Crippen molar-refractivity contribution < 1.29 is 9.53 Å². The minimum Gasteiger partial charge on any atom is -0.468 e. The van der Waals surface area contributed by atoms with Crippen LogP contribution in [0.25, 0.3) is 0 Å². The Bertz CT molecular complexity index is 261. The van der Waals surface area contributed by atoms with Crippen LogP contribution in [0.15, 0.2) is 0 Å². The number of esters is 1. The Morgan fingerprint density at radius 1 is 1.05 bits per heavy atom. The minimum atomic E-state index is -0.101. The summed E-state index contributed by atoms with van der Waals surface area (Å²) in [6.45, 7) is 0. The van der Waals surface area contributed by atoms with E-state index >= 15 is 0 Å². The Hall–Kier alpha value is -0.220. The first kappa shape index (κ1) is 17.8. The van der Waals surface area contributed by atoms with Crippen LogP contribution < -0.4 is 5.32 Å². The fourth-order valence-corrected chi connectivity index (χ4v) is 4.23. The van der Waals surface area contributed by atoms with E-state index < -0.39 is 0 Å². The Morgan fingerprint density at radius 2 is 1.60 bits per heavy atom. The second kappa shape index (κ2) is 11.4. The largest absolute Gasteiger partial charge is 0.468 e. The molecule has 2 unspecified atom stereocenters. The topological polar surface area (TPSA) is 38.3 Å². The fraction of sp³-hybridized carbons (Fsp3) is 0.938. The number of carbonyl (C=O) groups is 1. The molecule has 0 aromatic carbocycles. The predicted molar refractivity (Wildman–Crippen MR) is 87.3 cm³/mol.